The lowest BCUT2D eigenvalue weighted by atomic mass is 10.1. The minimum absolute atomic E-state index is 0.146. The molecule has 0 aliphatic carbocycles. The van der Waals surface area contributed by atoms with Crippen molar-refractivity contribution >= 4 is 32.8 Å². The van der Waals surface area contributed by atoms with Gasteiger partial charge in [0.05, 0.1) is 17.9 Å². The maximum Gasteiger partial charge on any atom is 0.243 e. The Kier molecular flexibility index (Phi) is 3.71. The number of nitrogens with one attached hydrogen (secondary N) is 1. The molecule has 1 unspecified atom stereocenters. The van der Waals surface area contributed by atoms with E-state index in [9.17, 15) is 8.42 Å². The zero-order valence-corrected chi connectivity index (χ0v) is 13.9. The van der Waals surface area contributed by atoms with Gasteiger partial charge in [0.25, 0.3) is 0 Å². The first-order chi connectivity index (χ1) is 10.4. The summed E-state index contributed by atoms with van der Waals surface area (Å²) in [5, 5.41) is 4.14. The van der Waals surface area contributed by atoms with Crippen LogP contribution in [0.15, 0.2) is 29.3 Å². The summed E-state index contributed by atoms with van der Waals surface area (Å²) >= 11 is 0.999. The highest BCUT2D eigenvalue weighted by molar-refractivity contribution is 7.89. The van der Waals surface area contributed by atoms with E-state index in [2.05, 4.69) is 18.6 Å². The van der Waals surface area contributed by atoms with Crippen LogP contribution in [-0.2, 0) is 17.1 Å². The number of hydrogen-bond donors (Lipinski definition) is 1. The SMILES string of the molecule is Cc1c(C(C)NS(=O)(=O)c2cccc3nsnc23)cnn1C. The van der Waals surface area contributed by atoms with Crippen molar-refractivity contribution in [2.75, 3.05) is 0 Å². The summed E-state index contributed by atoms with van der Waals surface area (Å²) in [7, 11) is -1.87. The molecule has 22 heavy (non-hydrogen) atoms. The molecule has 2 heterocycles. The highest BCUT2D eigenvalue weighted by atomic mass is 32.2. The molecule has 3 rings (SSSR count). The largest absolute Gasteiger partial charge is 0.273 e. The fourth-order valence-electron chi connectivity index (χ4n) is 2.30. The molecule has 0 fully saturated rings. The summed E-state index contributed by atoms with van der Waals surface area (Å²) in [6.07, 6.45) is 1.67. The number of sulfonamides is 1. The van der Waals surface area contributed by atoms with Gasteiger partial charge in [-0.2, -0.15) is 13.8 Å². The highest BCUT2D eigenvalue weighted by Crippen LogP contribution is 2.24. The van der Waals surface area contributed by atoms with Gasteiger partial charge in [-0.25, -0.2) is 13.1 Å². The first kappa shape index (κ1) is 15.1. The Balaban J connectivity index is 1.97. The Morgan fingerprint density at radius 1 is 1.32 bits per heavy atom. The van der Waals surface area contributed by atoms with Gasteiger partial charge in [-0.15, -0.1) is 0 Å². The maximum atomic E-state index is 12.6. The molecular formula is C13H15N5O2S2. The van der Waals surface area contributed by atoms with Crippen molar-refractivity contribution in [3.63, 3.8) is 0 Å². The third kappa shape index (κ3) is 2.51. The smallest absolute Gasteiger partial charge is 0.243 e. The summed E-state index contributed by atoms with van der Waals surface area (Å²) in [6, 6.07) is 4.56. The lowest BCUT2D eigenvalue weighted by Crippen LogP contribution is -2.27. The van der Waals surface area contributed by atoms with Crippen molar-refractivity contribution in [2.24, 2.45) is 7.05 Å². The molecule has 3 aromatic rings. The van der Waals surface area contributed by atoms with Gasteiger partial charge < -0.3 is 0 Å². The number of benzene rings is 1. The van der Waals surface area contributed by atoms with E-state index in [1.807, 2.05) is 14.0 Å². The predicted molar refractivity (Wildman–Crippen MR) is 84.1 cm³/mol. The number of rotatable bonds is 4. The van der Waals surface area contributed by atoms with Crippen molar-refractivity contribution in [1.29, 1.82) is 0 Å². The Morgan fingerprint density at radius 3 is 2.77 bits per heavy atom. The van der Waals surface area contributed by atoms with Crippen molar-refractivity contribution < 1.29 is 8.42 Å². The molecule has 0 saturated heterocycles. The van der Waals surface area contributed by atoms with Crippen LogP contribution in [-0.4, -0.2) is 26.9 Å². The molecule has 0 aliphatic rings. The van der Waals surface area contributed by atoms with Gasteiger partial charge in [0.15, 0.2) is 0 Å². The van der Waals surface area contributed by atoms with E-state index in [0.717, 1.165) is 23.0 Å². The summed E-state index contributed by atoms with van der Waals surface area (Å²) in [4.78, 5) is 0.146. The average Bonchev–Trinajstić information content (AvgIpc) is 3.05. The zero-order chi connectivity index (χ0) is 15.9. The quantitative estimate of drug-likeness (QED) is 0.783. The molecule has 1 aromatic carbocycles. The summed E-state index contributed by atoms with van der Waals surface area (Å²) in [5.41, 5.74) is 2.74. The molecule has 0 amide bonds. The van der Waals surface area contributed by atoms with Crippen LogP contribution in [0, 0.1) is 6.92 Å². The fourth-order valence-corrected chi connectivity index (χ4v) is 4.29. The number of hydrogen-bond acceptors (Lipinski definition) is 6. The van der Waals surface area contributed by atoms with Gasteiger partial charge in [-0.1, -0.05) is 6.07 Å². The first-order valence-electron chi connectivity index (χ1n) is 6.62. The Morgan fingerprint density at radius 2 is 2.09 bits per heavy atom. The van der Waals surface area contributed by atoms with Gasteiger partial charge in [-0.05, 0) is 26.0 Å². The lowest BCUT2D eigenvalue weighted by Gasteiger charge is -2.14. The minimum atomic E-state index is -3.69. The Labute approximate surface area is 132 Å². The monoisotopic (exact) mass is 337 g/mol. The van der Waals surface area contributed by atoms with Gasteiger partial charge in [0.1, 0.15) is 15.9 Å². The Hall–Kier alpha value is -1.84. The van der Waals surface area contributed by atoms with E-state index in [1.54, 1.807) is 29.9 Å². The second-order valence-corrected chi connectivity index (χ2v) is 7.25. The van der Waals surface area contributed by atoms with Crippen LogP contribution >= 0.6 is 11.7 Å². The molecular weight excluding hydrogens is 322 g/mol. The van der Waals surface area contributed by atoms with Gasteiger partial charge in [0, 0.05) is 24.3 Å². The standard InChI is InChI=1S/C13H15N5O2S2/c1-8(10-7-14-18(3)9(10)2)17-22(19,20)12-6-4-5-11-13(12)16-21-15-11/h4-8,17H,1-3H3. The highest BCUT2D eigenvalue weighted by Gasteiger charge is 2.23. The van der Waals surface area contributed by atoms with Gasteiger partial charge in [-0.3, -0.25) is 4.68 Å². The van der Waals surface area contributed by atoms with Crippen molar-refractivity contribution in [1.82, 2.24) is 23.2 Å². The van der Waals surface area contributed by atoms with Crippen molar-refractivity contribution in [3.05, 3.63) is 35.7 Å². The van der Waals surface area contributed by atoms with Crippen LogP contribution in [0.25, 0.3) is 11.0 Å². The fraction of sp³-hybridized carbons (Fsp3) is 0.308. The van der Waals surface area contributed by atoms with Crippen molar-refractivity contribution in [2.45, 2.75) is 24.8 Å². The molecule has 116 valence electrons. The molecule has 7 nitrogen and oxygen atoms in total. The molecule has 0 bridgehead atoms. The van der Waals surface area contributed by atoms with Gasteiger partial charge >= 0.3 is 0 Å². The summed E-state index contributed by atoms with van der Waals surface area (Å²) in [5.74, 6) is 0. The molecule has 0 aliphatic heterocycles. The maximum absolute atomic E-state index is 12.6. The predicted octanol–water partition coefficient (Wildman–Crippen LogP) is 1.77. The molecule has 0 saturated carbocycles. The molecule has 1 N–H and O–H groups in total. The van der Waals surface area contributed by atoms with E-state index in [-0.39, 0.29) is 10.9 Å². The molecule has 2 aromatic heterocycles. The second-order valence-electron chi connectivity index (χ2n) is 5.04. The zero-order valence-electron chi connectivity index (χ0n) is 12.3. The van der Waals surface area contributed by atoms with E-state index in [0.29, 0.717) is 11.0 Å². The first-order valence-corrected chi connectivity index (χ1v) is 8.83. The number of aryl methyl sites for hydroxylation is 1. The van der Waals surface area contributed by atoms with E-state index in [1.165, 1.54) is 6.07 Å². The minimum Gasteiger partial charge on any atom is -0.273 e. The number of fused-ring (bicyclic) bond motifs is 1. The third-order valence-corrected chi connectivity index (χ3v) is 5.73. The molecule has 1 atom stereocenters. The Bertz CT molecular complexity index is 929. The van der Waals surface area contributed by atoms with E-state index in [4.69, 9.17) is 0 Å². The van der Waals surface area contributed by atoms with E-state index < -0.39 is 10.0 Å². The molecule has 9 heteroatoms. The topological polar surface area (TPSA) is 89.8 Å². The van der Waals surface area contributed by atoms with E-state index >= 15 is 0 Å². The summed E-state index contributed by atoms with van der Waals surface area (Å²) in [6.45, 7) is 3.69. The van der Waals surface area contributed by atoms with Crippen LogP contribution in [0.5, 0.6) is 0 Å². The summed E-state index contributed by atoms with van der Waals surface area (Å²) < 4.78 is 37.8. The second kappa shape index (κ2) is 5.41. The van der Waals surface area contributed by atoms with Crippen molar-refractivity contribution in [3.8, 4) is 0 Å². The average molecular weight is 337 g/mol. The normalized spacial score (nSPS) is 13.6. The van der Waals surface area contributed by atoms with Crippen LogP contribution in [0.3, 0.4) is 0 Å². The van der Waals surface area contributed by atoms with Gasteiger partial charge in [0.2, 0.25) is 10.0 Å². The third-order valence-electron chi connectivity index (χ3n) is 3.61. The lowest BCUT2D eigenvalue weighted by molar-refractivity contribution is 0.567. The molecule has 0 spiro atoms. The van der Waals surface area contributed by atoms with Crippen LogP contribution in [0.4, 0.5) is 0 Å². The number of nitrogens with zero attached hydrogens (tertiary/aromatic N) is 4. The molecule has 0 radical (unpaired) electrons. The van der Waals surface area contributed by atoms with Crippen LogP contribution in [0.2, 0.25) is 0 Å². The number of aromatic nitrogens is 4. The van der Waals surface area contributed by atoms with Crippen LogP contribution < -0.4 is 4.72 Å². The van der Waals surface area contributed by atoms with Crippen LogP contribution in [0.1, 0.15) is 24.2 Å².